The maximum absolute atomic E-state index is 13.1. The van der Waals surface area contributed by atoms with Crippen molar-refractivity contribution in [1.29, 1.82) is 0 Å². The summed E-state index contributed by atoms with van der Waals surface area (Å²) in [6, 6.07) is 0.131. The number of hydrogen-bond acceptors (Lipinski definition) is 3. The maximum Gasteiger partial charge on any atom is 0.433 e. The van der Waals surface area contributed by atoms with Crippen LogP contribution in [0.15, 0.2) is 6.20 Å². The van der Waals surface area contributed by atoms with Crippen LogP contribution in [0, 0.1) is 0 Å². The van der Waals surface area contributed by atoms with E-state index >= 15 is 0 Å². The zero-order valence-corrected chi connectivity index (χ0v) is 11.8. The Kier molecular flexibility index (Phi) is 5.37. The van der Waals surface area contributed by atoms with Crippen LogP contribution in [0.3, 0.4) is 0 Å². The van der Waals surface area contributed by atoms with Crippen LogP contribution >= 0.6 is 0 Å². The first-order chi connectivity index (χ1) is 8.71. The van der Waals surface area contributed by atoms with Gasteiger partial charge in [0.2, 0.25) is 0 Å². The van der Waals surface area contributed by atoms with Gasteiger partial charge in [0, 0.05) is 24.7 Å². The Balaban J connectivity index is 2.92. The smallest absolute Gasteiger partial charge is 0.310 e. The summed E-state index contributed by atoms with van der Waals surface area (Å²) in [7, 11) is 3.63. The normalized spacial score (nSPS) is 12.7. The molecule has 110 valence electrons. The first-order valence-electron chi connectivity index (χ1n) is 6.21. The molecule has 7 heteroatoms. The largest absolute Gasteiger partial charge is 0.433 e. The summed E-state index contributed by atoms with van der Waals surface area (Å²) in [5.41, 5.74) is -0.456. The second-order valence-electron chi connectivity index (χ2n) is 5.08. The van der Waals surface area contributed by atoms with E-state index in [0.717, 1.165) is 4.68 Å². The number of rotatable bonds is 6. The minimum Gasteiger partial charge on any atom is -0.310 e. The zero-order valence-electron chi connectivity index (χ0n) is 11.8. The van der Waals surface area contributed by atoms with E-state index in [1.165, 1.54) is 6.20 Å². The molecule has 0 aliphatic carbocycles. The first kappa shape index (κ1) is 16.0. The van der Waals surface area contributed by atoms with Crippen molar-refractivity contribution in [3.63, 3.8) is 0 Å². The molecule has 0 saturated heterocycles. The molecule has 4 nitrogen and oxygen atoms in total. The highest BCUT2D eigenvalue weighted by Crippen LogP contribution is 2.32. The summed E-state index contributed by atoms with van der Waals surface area (Å²) in [4.78, 5) is 1.83. The molecule has 0 saturated carbocycles. The maximum atomic E-state index is 13.1. The van der Waals surface area contributed by atoms with Gasteiger partial charge in [0.25, 0.3) is 0 Å². The van der Waals surface area contributed by atoms with Crippen LogP contribution < -0.4 is 5.32 Å². The molecule has 0 aliphatic rings. The van der Waals surface area contributed by atoms with Crippen LogP contribution in [0.2, 0.25) is 0 Å². The molecule has 0 amide bonds. The SMILES string of the molecule is CC(C)NCc1cnn(CCN(C)C)c1C(F)(F)F. The Morgan fingerprint density at radius 2 is 2.00 bits per heavy atom. The first-order valence-corrected chi connectivity index (χ1v) is 6.21. The third kappa shape index (κ3) is 4.83. The van der Waals surface area contributed by atoms with Gasteiger partial charge in [-0.25, -0.2) is 0 Å². The number of likely N-dealkylation sites (N-methyl/N-ethyl adjacent to an activating group) is 1. The fourth-order valence-electron chi connectivity index (χ4n) is 1.66. The number of aromatic nitrogens is 2. The summed E-state index contributed by atoms with van der Waals surface area (Å²) in [5, 5.41) is 6.85. The van der Waals surface area contributed by atoms with E-state index in [1.807, 2.05) is 32.8 Å². The Morgan fingerprint density at radius 1 is 1.37 bits per heavy atom. The van der Waals surface area contributed by atoms with Crippen molar-refractivity contribution in [1.82, 2.24) is 20.0 Å². The molecule has 0 aromatic carbocycles. The van der Waals surface area contributed by atoms with Crippen LogP contribution in [0.25, 0.3) is 0 Å². The molecule has 0 radical (unpaired) electrons. The monoisotopic (exact) mass is 278 g/mol. The van der Waals surface area contributed by atoms with E-state index in [9.17, 15) is 13.2 Å². The van der Waals surface area contributed by atoms with Gasteiger partial charge in [-0.05, 0) is 14.1 Å². The summed E-state index contributed by atoms with van der Waals surface area (Å²) in [5.74, 6) is 0. The van der Waals surface area contributed by atoms with Gasteiger partial charge in [0.1, 0.15) is 5.69 Å². The number of nitrogens with one attached hydrogen (secondary N) is 1. The minimum absolute atomic E-state index is 0.131. The lowest BCUT2D eigenvalue weighted by Crippen LogP contribution is -2.26. The Hall–Kier alpha value is -1.08. The van der Waals surface area contributed by atoms with Gasteiger partial charge in [-0.15, -0.1) is 0 Å². The van der Waals surface area contributed by atoms with E-state index in [1.54, 1.807) is 0 Å². The van der Waals surface area contributed by atoms with E-state index in [-0.39, 0.29) is 24.7 Å². The second kappa shape index (κ2) is 6.38. The lowest BCUT2D eigenvalue weighted by Gasteiger charge is -2.15. The summed E-state index contributed by atoms with van der Waals surface area (Å²) in [6.07, 6.45) is -3.08. The molecule has 0 bridgehead atoms. The van der Waals surface area contributed by atoms with Crippen molar-refractivity contribution in [2.24, 2.45) is 0 Å². The van der Waals surface area contributed by atoms with Crippen LogP contribution in [0.4, 0.5) is 13.2 Å². The second-order valence-corrected chi connectivity index (χ2v) is 5.08. The van der Waals surface area contributed by atoms with Gasteiger partial charge in [0.15, 0.2) is 0 Å². The summed E-state index contributed by atoms with van der Waals surface area (Å²) in [6.45, 7) is 4.70. The van der Waals surface area contributed by atoms with E-state index in [0.29, 0.717) is 6.54 Å². The lowest BCUT2D eigenvalue weighted by atomic mass is 10.2. The van der Waals surface area contributed by atoms with E-state index in [2.05, 4.69) is 10.4 Å². The molecule has 1 aromatic rings. The molecule has 0 fully saturated rings. The van der Waals surface area contributed by atoms with Gasteiger partial charge < -0.3 is 10.2 Å². The van der Waals surface area contributed by atoms with Gasteiger partial charge in [0.05, 0.1) is 12.7 Å². The highest BCUT2D eigenvalue weighted by molar-refractivity contribution is 5.21. The molecule has 1 heterocycles. The highest BCUT2D eigenvalue weighted by atomic mass is 19.4. The number of halogens is 3. The van der Waals surface area contributed by atoms with Crippen molar-refractivity contribution < 1.29 is 13.2 Å². The predicted molar refractivity (Wildman–Crippen MR) is 67.8 cm³/mol. The molecule has 1 N–H and O–H groups in total. The molecule has 0 aliphatic heterocycles. The van der Waals surface area contributed by atoms with Crippen LogP contribution in [-0.2, 0) is 19.3 Å². The zero-order chi connectivity index (χ0) is 14.6. The third-order valence-electron chi connectivity index (χ3n) is 2.64. The summed E-state index contributed by atoms with van der Waals surface area (Å²) >= 11 is 0. The molecule has 0 atom stereocenters. The molecular formula is C12H21F3N4. The van der Waals surface area contributed by atoms with E-state index < -0.39 is 11.9 Å². The fourth-order valence-corrected chi connectivity index (χ4v) is 1.66. The van der Waals surface area contributed by atoms with Crippen LogP contribution in [-0.4, -0.2) is 41.4 Å². The number of alkyl halides is 3. The van der Waals surface area contributed by atoms with Gasteiger partial charge in [-0.1, -0.05) is 13.8 Å². The Bertz CT molecular complexity index is 367. The Morgan fingerprint density at radius 3 is 2.47 bits per heavy atom. The molecule has 19 heavy (non-hydrogen) atoms. The predicted octanol–water partition coefficient (Wildman–Crippen LogP) is 1.96. The van der Waals surface area contributed by atoms with Crippen molar-refractivity contribution in [2.45, 2.75) is 39.2 Å². The van der Waals surface area contributed by atoms with Crippen molar-refractivity contribution in [3.8, 4) is 0 Å². The third-order valence-corrected chi connectivity index (χ3v) is 2.64. The van der Waals surface area contributed by atoms with Crippen LogP contribution in [0.1, 0.15) is 25.1 Å². The molecule has 1 rings (SSSR count). The standard InChI is InChI=1S/C12H21F3N4/c1-9(2)16-7-10-8-17-19(6-5-18(3)4)11(10)12(13,14)15/h8-9,16H,5-7H2,1-4H3. The van der Waals surface area contributed by atoms with Gasteiger partial charge >= 0.3 is 6.18 Å². The lowest BCUT2D eigenvalue weighted by molar-refractivity contribution is -0.145. The Labute approximate surface area is 111 Å². The fraction of sp³-hybridized carbons (Fsp3) is 0.750. The topological polar surface area (TPSA) is 33.1 Å². The van der Waals surface area contributed by atoms with Crippen LogP contribution in [0.5, 0.6) is 0 Å². The molecule has 0 spiro atoms. The number of hydrogen-bond donors (Lipinski definition) is 1. The van der Waals surface area contributed by atoms with E-state index in [4.69, 9.17) is 0 Å². The quantitative estimate of drug-likeness (QED) is 0.863. The average molecular weight is 278 g/mol. The molecule has 0 unspecified atom stereocenters. The van der Waals surface area contributed by atoms with Gasteiger partial charge in [-0.3, -0.25) is 4.68 Å². The van der Waals surface area contributed by atoms with Crippen molar-refractivity contribution >= 4 is 0 Å². The molecular weight excluding hydrogens is 257 g/mol. The minimum atomic E-state index is -4.38. The highest BCUT2D eigenvalue weighted by Gasteiger charge is 2.37. The summed E-state index contributed by atoms with van der Waals surface area (Å²) < 4.78 is 40.3. The van der Waals surface area contributed by atoms with Gasteiger partial charge in [-0.2, -0.15) is 18.3 Å². The van der Waals surface area contributed by atoms with Crippen molar-refractivity contribution in [2.75, 3.05) is 20.6 Å². The average Bonchev–Trinajstić information content (AvgIpc) is 2.66. The van der Waals surface area contributed by atoms with Crippen molar-refractivity contribution in [3.05, 3.63) is 17.5 Å². The molecule has 1 aromatic heterocycles. The number of nitrogens with zero attached hydrogens (tertiary/aromatic N) is 3.